The topological polar surface area (TPSA) is 45.7 Å². The van der Waals surface area contributed by atoms with Gasteiger partial charge in [-0.25, -0.2) is 0 Å². The van der Waals surface area contributed by atoms with Crippen LogP contribution in [-0.2, 0) is 11.2 Å². The number of carbonyl (C=O) groups is 1. The molecule has 2 heterocycles. The number of halogens is 1. The molecule has 2 aromatic rings. The fourth-order valence-electron chi connectivity index (χ4n) is 3.33. The molecule has 0 radical (unpaired) electrons. The minimum Gasteiger partial charge on any atom is -0.481 e. The van der Waals surface area contributed by atoms with Gasteiger partial charge in [-0.05, 0) is 68.1 Å². The van der Waals surface area contributed by atoms with Crippen molar-refractivity contribution in [3.63, 3.8) is 0 Å². The van der Waals surface area contributed by atoms with Gasteiger partial charge < -0.3 is 9.64 Å². The molecule has 3 rings (SSSR count). The van der Waals surface area contributed by atoms with Crippen LogP contribution in [0.2, 0.25) is 0 Å². The van der Waals surface area contributed by atoms with E-state index in [9.17, 15) is 4.79 Å². The number of hydrogen-bond donors (Lipinski definition) is 0. The second-order valence-electron chi connectivity index (χ2n) is 7.28. The SMILES string of the molecule is Cc1ccc(OC(C)C(=O)N2CCN(CCc3ccncc3)CC2)cc1C.Cl. The first-order valence-electron chi connectivity index (χ1n) is 9.67. The van der Waals surface area contributed by atoms with E-state index in [4.69, 9.17) is 4.74 Å². The second kappa shape index (κ2) is 10.4. The number of aryl methyl sites for hydroxylation is 2. The number of benzene rings is 1. The van der Waals surface area contributed by atoms with Crippen molar-refractivity contribution in [2.24, 2.45) is 0 Å². The molecule has 28 heavy (non-hydrogen) atoms. The van der Waals surface area contributed by atoms with Gasteiger partial charge in [0.2, 0.25) is 0 Å². The van der Waals surface area contributed by atoms with Crippen molar-refractivity contribution in [1.82, 2.24) is 14.8 Å². The Morgan fingerprint density at radius 2 is 1.75 bits per heavy atom. The second-order valence-corrected chi connectivity index (χ2v) is 7.28. The van der Waals surface area contributed by atoms with E-state index < -0.39 is 6.10 Å². The van der Waals surface area contributed by atoms with Crippen molar-refractivity contribution in [2.75, 3.05) is 32.7 Å². The van der Waals surface area contributed by atoms with Crippen LogP contribution in [0, 0.1) is 13.8 Å². The van der Waals surface area contributed by atoms with Crippen LogP contribution in [0.5, 0.6) is 5.75 Å². The summed E-state index contributed by atoms with van der Waals surface area (Å²) >= 11 is 0. The van der Waals surface area contributed by atoms with E-state index in [0.29, 0.717) is 0 Å². The van der Waals surface area contributed by atoms with Crippen LogP contribution in [0.15, 0.2) is 42.7 Å². The largest absolute Gasteiger partial charge is 0.481 e. The van der Waals surface area contributed by atoms with Crippen LogP contribution >= 0.6 is 12.4 Å². The summed E-state index contributed by atoms with van der Waals surface area (Å²) in [7, 11) is 0. The molecule has 0 saturated carbocycles. The minimum atomic E-state index is -0.463. The zero-order chi connectivity index (χ0) is 19.2. The zero-order valence-electron chi connectivity index (χ0n) is 16.9. The molecule has 5 nitrogen and oxygen atoms in total. The lowest BCUT2D eigenvalue weighted by Gasteiger charge is -2.35. The number of rotatable bonds is 6. The predicted molar refractivity (Wildman–Crippen MR) is 114 cm³/mol. The number of aromatic nitrogens is 1. The minimum absolute atomic E-state index is 0. The smallest absolute Gasteiger partial charge is 0.263 e. The molecular weight excluding hydrogens is 374 g/mol. The summed E-state index contributed by atoms with van der Waals surface area (Å²) in [4.78, 5) is 21.1. The van der Waals surface area contributed by atoms with Gasteiger partial charge in [-0.3, -0.25) is 14.7 Å². The summed E-state index contributed by atoms with van der Waals surface area (Å²) in [6, 6.07) is 10.1. The lowest BCUT2D eigenvalue weighted by molar-refractivity contribution is -0.139. The molecule has 1 saturated heterocycles. The summed E-state index contributed by atoms with van der Waals surface area (Å²) in [5.41, 5.74) is 3.71. The maximum atomic E-state index is 12.7. The van der Waals surface area contributed by atoms with Gasteiger partial charge in [0.1, 0.15) is 5.75 Å². The Labute approximate surface area is 174 Å². The summed E-state index contributed by atoms with van der Waals surface area (Å²) in [6.45, 7) is 10.3. The van der Waals surface area contributed by atoms with Gasteiger partial charge in [0.25, 0.3) is 5.91 Å². The average molecular weight is 404 g/mol. The molecule has 0 aliphatic carbocycles. The number of nitrogens with zero attached hydrogens (tertiary/aromatic N) is 3. The fraction of sp³-hybridized carbons (Fsp3) is 0.455. The zero-order valence-corrected chi connectivity index (χ0v) is 17.7. The lowest BCUT2D eigenvalue weighted by atomic mass is 10.1. The molecule has 0 spiro atoms. The van der Waals surface area contributed by atoms with E-state index in [1.54, 1.807) is 0 Å². The highest BCUT2D eigenvalue weighted by Gasteiger charge is 2.26. The predicted octanol–water partition coefficient (Wildman–Crippen LogP) is 3.27. The number of hydrogen-bond acceptors (Lipinski definition) is 4. The Morgan fingerprint density at radius 1 is 1.07 bits per heavy atom. The number of amides is 1. The molecule has 0 N–H and O–H groups in total. The Balaban J connectivity index is 0.00000280. The van der Waals surface area contributed by atoms with Gasteiger partial charge in [-0.1, -0.05) is 6.07 Å². The van der Waals surface area contributed by atoms with E-state index in [1.807, 2.05) is 42.4 Å². The molecule has 1 atom stereocenters. The van der Waals surface area contributed by atoms with E-state index in [0.717, 1.165) is 44.9 Å². The lowest BCUT2D eigenvalue weighted by Crippen LogP contribution is -2.52. The van der Waals surface area contributed by atoms with Gasteiger partial charge in [0, 0.05) is 45.1 Å². The van der Waals surface area contributed by atoms with Gasteiger partial charge in [0.05, 0.1) is 0 Å². The van der Waals surface area contributed by atoms with Crippen LogP contribution in [-0.4, -0.2) is 59.5 Å². The van der Waals surface area contributed by atoms with Crippen molar-refractivity contribution in [3.8, 4) is 5.75 Å². The van der Waals surface area contributed by atoms with E-state index in [1.165, 1.54) is 16.7 Å². The Hall–Kier alpha value is -2.11. The third-order valence-corrected chi connectivity index (χ3v) is 5.29. The van der Waals surface area contributed by atoms with Gasteiger partial charge in [0.15, 0.2) is 6.10 Å². The monoisotopic (exact) mass is 403 g/mol. The number of ether oxygens (including phenoxy) is 1. The molecule has 1 fully saturated rings. The number of piperazine rings is 1. The molecule has 1 aliphatic heterocycles. The quantitative estimate of drug-likeness (QED) is 0.742. The molecular formula is C22H30ClN3O2. The van der Waals surface area contributed by atoms with Gasteiger partial charge >= 0.3 is 0 Å². The maximum Gasteiger partial charge on any atom is 0.263 e. The first-order chi connectivity index (χ1) is 13.0. The normalized spacial score (nSPS) is 15.6. The highest BCUT2D eigenvalue weighted by molar-refractivity contribution is 5.85. The van der Waals surface area contributed by atoms with Crippen LogP contribution in [0.4, 0.5) is 0 Å². The number of pyridine rings is 1. The van der Waals surface area contributed by atoms with E-state index in [-0.39, 0.29) is 18.3 Å². The summed E-state index contributed by atoms with van der Waals surface area (Å²) in [6.07, 6.45) is 4.23. The van der Waals surface area contributed by atoms with Crippen LogP contribution in [0.3, 0.4) is 0 Å². The van der Waals surface area contributed by atoms with Crippen LogP contribution in [0.1, 0.15) is 23.6 Å². The van der Waals surface area contributed by atoms with Crippen LogP contribution in [0.25, 0.3) is 0 Å². The Bertz CT molecular complexity index is 762. The average Bonchev–Trinajstić information content (AvgIpc) is 2.70. The van der Waals surface area contributed by atoms with Gasteiger partial charge in [-0.2, -0.15) is 0 Å². The summed E-state index contributed by atoms with van der Waals surface area (Å²) < 4.78 is 5.89. The highest BCUT2D eigenvalue weighted by atomic mass is 35.5. The van der Waals surface area contributed by atoms with Crippen molar-refractivity contribution in [3.05, 3.63) is 59.4 Å². The third kappa shape index (κ3) is 5.94. The Morgan fingerprint density at radius 3 is 2.39 bits per heavy atom. The highest BCUT2D eigenvalue weighted by Crippen LogP contribution is 2.18. The molecule has 1 aliphatic rings. The van der Waals surface area contributed by atoms with Crippen molar-refractivity contribution in [2.45, 2.75) is 33.3 Å². The molecule has 0 bridgehead atoms. The first-order valence-corrected chi connectivity index (χ1v) is 9.67. The Kier molecular flexibility index (Phi) is 8.27. The number of carbonyl (C=O) groups excluding carboxylic acids is 1. The maximum absolute atomic E-state index is 12.7. The molecule has 1 amide bonds. The summed E-state index contributed by atoms with van der Waals surface area (Å²) in [5.74, 6) is 0.831. The molecule has 1 aromatic carbocycles. The molecule has 1 unspecified atom stereocenters. The van der Waals surface area contributed by atoms with Crippen molar-refractivity contribution < 1.29 is 9.53 Å². The van der Waals surface area contributed by atoms with Crippen LogP contribution < -0.4 is 4.74 Å². The van der Waals surface area contributed by atoms with Crippen molar-refractivity contribution >= 4 is 18.3 Å². The third-order valence-electron chi connectivity index (χ3n) is 5.29. The molecule has 6 heteroatoms. The standard InChI is InChI=1S/C22H29N3O2.ClH/c1-17-4-5-21(16-18(17)2)27-19(3)22(26)25-14-12-24(13-15-25)11-8-20-6-9-23-10-7-20;/h4-7,9-10,16,19H,8,11-15H2,1-3H3;1H. The van der Waals surface area contributed by atoms with E-state index in [2.05, 4.69) is 35.9 Å². The van der Waals surface area contributed by atoms with Gasteiger partial charge in [-0.15, -0.1) is 12.4 Å². The fourth-order valence-corrected chi connectivity index (χ4v) is 3.33. The molecule has 152 valence electrons. The summed E-state index contributed by atoms with van der Waals surface area (Å²) in [5, 5.41) is 0. The molecule has 1 aromatic heterocycles. The van der Waals surface area contributed by atoms with Crippen molar-refractivity contribution in [1.29, 1.82) is 0 Å². The van der Waals surface area contributed by atoms with E-state index >= 15 is 0 Å². The first kappa shape index (κ1) is 22.2.